The van der Waals surface area contributed by atoms with Crippen molar-refractivity contribution in [2.24, 2.45) is 5.92 Å². The molecule has 28 heavy (non-hydrogen) atoms. The van der Waals surface area contributed by atoms with Gasteiger partial charge in [-0.25, -0.2) is 8.78 Å². The number of halogens is 2. The lowest BCUT2D eigenvalue weighted by Gasteiger charge is -2.21. The van der Waals surface area contributed by atoms with Crippen LogP contribution in [0.1, 0.15) is 6.42 Å². The monoisotopic (exact) mass is 387 g/mol. The maximum absolute atomic E-state index is 13.4. The molecule has 2 aromatic carbocycles. The highest BCUT2D eigenvalue weighted by Gasteiger charge is 2.37. The van der Waals surface area contributed by atoms with Crippen LogP contribution < -0.4 is 10.2 Å². The van der Waals surface area contributed by atoms with E-state index in [4.69, 9.17) is 0 Å². The van der Waals surface area contributed by atoms with Crippen molar-refractivity contribution in [3.63, 3.8) is 0 Å². The number of hydrogen-bond donors (Lipinski definition) is 1. The predicted molar refractivity (Wildman–Crippen MR) is 99.5 cm³/mol. The summed E-state index contributed by atoms with van der Waals surface area (Å²) in [4.78, 5) is 39.4. The Morgan fingerprint density at radius 3 is 2.43 bits per heavy atom. The van der Waals surface area contributed by atoms with Crippen molar-refractivity contribution in [1.29, 1.82) is 0 Å². The number of nitrogens with zero attached hydrogens (tertiary/aromatic N) is 2. The average molecular weight is 387 g/mol. The Bertz CT molecular complexity index is 885. The van der Waals surface area contributed by atoms with Crippen molar-refractivity contribution in [3.8, 4) is 0 Å². The normalized spacial score (nSPS) is 16.2. The summed E-state index contributed by atoms with van der Waals surface area (Å²) in [5, 5.41) is 2.68. The van der Waals surface area contributed by atoms with Crippen molar-refractivity contribution in [1.82, 2.24) is 4.90 Å². The van der Waals surface area contributed by atoms with Gasteiger partial charge in [-0.05, 0) is 24.3 Å². The van der Waals surface area contributed by atoms with Crippen molar-refractivity contribution >= 4 is 29.1 Å². The predicted octanol–water partition coefficient (Wildman–Crippen LogP) is 2.41. The van der Waals surface area contributed by atoms with Gasteiger partial charge in [-0.15, -0.1) is 0 Å². The fourth-order valence-corrected chi connectivity index (χ4v) is 3.14. The second-order valence-electron chi connectivity index (χ2n) is 6.64. The Morgan fingerprint density at radius 2 is 1.79 bits per heavy atom. The van der Waals surface area contributed by atoms with Crippen molar-refractivity contribution < 1.29 is 23.2 Å². The topological polar surface area (TPSA) is 69.7 Å². The molecule has 1 aliphatic rings. The van der Waals surface area contributed by atoms with Gasteiger partial charge in [0.25, 0.3) is 0 Å². The van der Waals surface area contributed by atoms with Gasteiger partial charge in [0, 0.05) is 37.5 Å². The summed E-state index contributed by atoms with van der Waals surface area (Å²) in [7, 11) is 1.47. The summed E-state index contributed by atoms with van der Waals surface area (Å²) < 4.78 is 26.8. The number of amides is 3. The van der Waals surface area contributed by atoms with Gasteiger partial charge in [0.05, 0.1) is 12.5 Å². The molecule has 1 N–H and O–H groups in total. The molecular weight excluding hydrogens is 368 g/mol. The van der Waals surface area contributed by atoms with Crippen LogP contribution in [0.2, 0.25) is 0 Å². The fraction of sp³-hybridized carbons (Fsp3) is 0.250. The molecule has 0 aliphatic carbocycles. The summed E-state index contributed by atoms with van der Waals surface area (Å²) in [5.74, 6) is -3.43. The highest BCUT2D eigenvalue weighted by atomic mass is 19.1. The maximum Gasteiger partial charge on any atom is 0.243 e. The third-order valence-electron chi connectivity index (χ3n) is 4.45. The second-order valence-corrected chi connectivity index (χ2v) is 6.64. The van der Waals surface area contributed by atoms with E-state index in [1.807, 2.05) is 6.07 Å². The molecule has 1 heterocycles. The molecule has 0 radical (unpaired) electrons. The molecule has 0 spiro atoms. The summed E-state index contributed by atoms with van der Waals surface area (Å²) in [6.07, 6.45) is -0.0817. The van der Waals surface area contributed by atoms with Gasteiger partial charge in [0.1, 0.15) is 11.6 Å². The van der Waals surface area contributed by atoms with E-state index in [9.17, 15) is 23.2 Å². The van der Waals surface area contributed by atoms with Crippen LogP contribution in [0.15, 0.2) is 48.5 Å². The minimum Gasteiger partial charge on any atom is -0.336 e. The molecule has 1 aliphatic heterocycles. The minimum atomic E-state index is -0.799. The smallest absolute Gasteiger partial charge is 0.243 e. The van der Waals surface area contributed by atoms with E-state index in [-0.39, 0.29) is 37.0 Å². The molecule has 1 saturated heterocycles. The van der Waals surface area contributed by atoms with Gasteiger partial charge in [0.2, 0.25) is 17.7 Å². The number of rotatable bonds is 5. The molecule has 3 amide bonds. The van der Waals surface area contributed by atoms with Crippen LogP contribution in [0.5, 0.6) is 0 Å². The zero-order valence-electron chi connectivity index (χ0n) is 15.2. The quantitative estimate of drug-likeness (QED) is 0.857. The van der Waals surface area contributed by atoms with Crippen LogP contribution in [0.3, 0.4) is 0 Å². The standard InChI is InChI=1S/C20H19F2N3O3/c1-24(12-18(26)23-16-5-3-2-4-6-16)20(28)13-7-19(27)25(11-13)17-9-14(21)8-15(22)10-17/h2-6,8-10,13H,7,11-12H2,1H3,(H,23,26). The molecule has 1 fully saturated rings. The number of likely N-dealkylation sites (N-methyl/N-ethyl adjacent to an activating group) is 1. The van der Waals surface area contributed by atoms with E-state index in [0.717, 1.165) is 12.1 Å². The zero-order chi connectivity index (χ0) is 20.3. The van der Waals surface area contributed by atoms with E-state index in [0.29, 0.717) is 11.8 Å². The van der Waals surface area contributed by atoms with Gasteiger partial charge in [-0.3, -0.25) is 14.4 Å². The molecule has 146 valence electrons. The number of anilines is 2. The molecule has 8 heteroatoms. The summed E-state index contributed by atoms with van der Waals surface area (Å²) >= 11 is 0. The van der Waals surface area contributed by atoms with Crippen LogP contribution in [0.25, 0.3) is 0 Å². The number of hydrogen-bond acceptors (Lipinski definition) is 3. The lowest BCUT2D eigenvalue weighted by atomic mass is 10.1. The zero-order valence-corrected chi connectivity index (χ0v) is 15.2. The molecule has 2 aromatic rings. The van der Waals surface area contributed by atoms with Crippen LogP contribution in [0.4, 0.5) is 20.2 Å². The van der Waals surface area contributed by atoms with E-state index in [2.05, 4.69) is 5.32 Å². The van der Waals surface area contributed by atoms with Crippen molar-refractivity contribution in [3.05, 3.63) is 60.2 Å². The van der Waals surface area contributed by atoms with Gasteiger partial charge < -0.3 is 15.1 Å². The highest BCUT2D eigenvalue weighted by molar-refractivity contribution is 6.01. The second kappa shape index (κ2) is 8.16. The first-order chi connectivity index (χ1) is 13.3. The Morgan fingerprint density at radius 1 is 1.14 bits per heavy atom. The van der Waals surface area contributed by atoms with Crippen molar-refractivity contribution in [2.45, 2.75) is 6.42 Å². The van der Waals surface area contributed by atoms with Gasteiger partial charge in [-0.2, -0.15) is 0 Å². The molecule has 0 aromatic heterocycles. The Hall–Kier alpha value is -3.29. The van der Waals surface area contributed by atoms with Crippen LogP contribution >= 0.6 is 0 Å². The largest absolute Gasteiger partial charge is 0.336 e. The SMILES string of the molecule is CN(CC(=O)Nc1ccccc1)C(=O)C1CC(=O)N(c2cc(F)cc(F)c2)C1. The van der Waals surface area contributed by atoms with Gasteiger partial charge >= 0.3 is 0 Å². The first-order valence-electron chi connectivity index (χ1n) is 8.70. The fourth-order valence-electron chi connectivity index (χ4n) is 3.14. The van der Waals surface area contributed by atoms with Crippen molar-refractivity contribution in [2.75, 3.05) is 30.4 Å². The number of carbonyl (C=O) groups excluding carboxylic acids is 3. The Balaban J connectivity index is 1.61. The van der Waals surface area contributed by atoms with Gasteiger partial charge in [0.15, 0.2) is 0 Å². The third kappa shape index (κ3) is 4.51. The molecule has 1 atom stereocenters. The lowest BCUT2D eigenvalue weighted by Crippen LogP contribution is -2.39. The van der Waals surface area contributed by atoms with Crippen LogP contribution in [-0.4, -0.2) is 42.8 Å². The maximum atomic E-state index is 13.4. The Kier molecular flexibility index (Phi) is 5.67. The average Bonchev–Trinajstić information content (AvgIpc) is 3.02. The summed E-state index contributed by atoms with van der Waals surface area (Å²) in [6.45, 7) is -0.168. The first kappa shape index (κ1) is 19.5. The third-order valence-corrected chi connectivity index (χ3v) is 4.45. The van der Waals surface area contributed by atoms with E-state index >= 15 is 0 Å². The molecule has 6 nitrogen and oxygen atoms in total. The number of benzene rings is 2. The van der Waals surface area contributed by atoms with Crippen LogP contribution in [-0.2, 0) is 14.4 Å². The number of nitrogens with one attached hydrogen (secondary N) is 1. The molecule has 1 unspecified atom stereocenters. The Labute approximate surface area is 160 Å². The first-order valence-corrected chi connectivity index (χ1v) is 8.70. The molecule has 0 bridgehead atoms. The summed E-state index contributed by atoms with van der Waals surface area (Å²) in [5.41, 5.74) is 0.686. The minimum absolute atomic E-state index is 0.00516. The lowest BCUT2D eigenvalue weighted by molar-refractivity contribution is -0.137. The number of para-hydroxylation sites is 1. The van der Waals surface area contributed by atoms with Crippen LogP contribution in [0, 0.1) is 17.6 Å². The van der Waals surface area contributed by atoms with E-state index < -0.39 is 23.5 Å². The molecule has 3 rings (SSSR count). The molecule has 0 saturated carbocycles. The molecular formula is C20H19F2N3O3. The van der Waals surface area contributed by atoms with E-state index in [1.165, 1.54) is 16.8 Å². The highest BCUT2D eigenvalue weighted by Crippen LogP contribution is 2.27. The number of carbonyl (C=O) groups is 3. The summed E-state index contributed by atoms with van der Waals surface area (Å²) in [6, 6.07) is 11.6. The van der Waals surface area contributed by atoms with E-state index in [1.54, 1.807) is 24.3 Å². The van der Waals surface area contributed by atoms with Gasteiger partial charge in [-0.1, -0.05) is 18.2 Å².